The summed E-state index contributed by atoms with van der Waals surface area (Å²) in [6, 6.07) is 14.0. The highest BCUT2D eigenvalue weighted by molar-refractivity contribution is 14.0. The van der Waals surface area contributed by atoms with E-state index in [1.165, 1.54) is 4.88 Å². The molecule has 4 nitrogen and oxygen atoms in total. The summed E-state index contributed by atoms with van der Waals surface area (Å²) in [5.74, 6) is 1.81. The van der Waals surface area contributed by atoms with E-state index in [-0.39, 0.29) is 24.0 Å². The molecule has 0 amide bonds. The van der Waals surface area contributed by atoms with E-state index in [1.807, 2.05) is 37.4 Å². The third kappa shape index (κ3) is 7.22. The molecule has 0 saturated heterocycles. The van der Waals surface area contributed by atoms with Crippen LogP contribution in [0.5, 0.6) is 5.75 Å². The summed E-state index contributed by atoms with van der Waals surface area (Å²) in [7, 11) is 2.03. The highest BCUT2D eigenvalue weighted by atomic mass is 127. The molecule has 126 valence electrons. The van der Waals surface area contributed by atoms with Crippen LogP contribution in [-0.4, -0.2) is 37.6 Å². The van der Waals surface area contributed by atoms with Gasteiger partial charge in [0, 0.05) is 18.5 Å². The molecule has 0 aliphatic carbocycles. The third-order valence-corrected chi connectivity index (χ3v) is 3.96. The summed E-state index contributed by atoms with van der Waals surface area (Å²) in [5, 5.41) is 5.40. The fourth-order valence-electron chi connectivity index (χ4n) is 1.95. The van der Waals surface area contributed by atoms with Crippen LogP contribution in [0.4, 0.5) is 0 Å². The summed E-state index contributed by atoms with van der Waals surface area (Å²) >= 11 is 1.73. The lowest BCUT2D eigenvalue weighted by Crippen LogP contribution is -2.40. The van der Waals surface area contributed by atoms with Crippen molar-refractivity contribution in [3.63, 3.8) is 0 Å². The Morgan fingerprint density at radius 1 is 1.22 bits per heavy atom. The second kappa shape index (κ2) is 11.3. The Bertz CT molecular complexity index is 560. The van der Waals surface area contributed by atoms with Crippen LogP contribution >= 0.6 is 35.3 Å². The molecule has 23 heavy (non-hydrogen) atoms. The van der Waals surface area contributed by atoms with Crippen molar-refractivity contribution in [2.75, 3.05) is 26.7 Å². The van der Waals surface area contributed by atoms with E-state index in [9.17, 15) is 0 Å². The quantitative estimate of drug-likeness (QED) is 0.400. The second-order valence-electron chi connectivity index (χ2n) is 4.83. The lowest BCUT2D eigenvalue weighted by Gasteiger charge is -2.22. The maximum atomic E-state index is 5.73. The van der Waals surface area contributed by atoms with Crippen molar-refractivity contribution in [3.05, 3.63) is 52.7 Å². The van der Waals surface area contributed by atoms with Crippen molar-refractivity contribution in [2.24, 2.45) is 4.99 Å². The standard InChI is InChI=1S/C17H23N3OS.HI/c1-3-18-17(19-14-16-10-7-13-22-16)20(2)11-12-21-15-8-5-4-6-9-15;/h4-10,13H,3,11-12,14H2,1-2H3,(H,18,19);1H. The monoisotopic (exact) mass is 445 g/mol. The van der Waals surface area contributed by atoms with Crippen LogP contribution < -0.4 is 10.1 Å². The van der Waals surface area contributed by atoms with Crippen molar-refractivity contribution >= 4 is 41.3 Å². The van der Waals surface area contributed by atoms with Crippen LogP contribution in [0.25, 0.3) is 0 Å². The summed E-state index contributed by atoms with van der Waals surface area (Å²) in [5.41, 5.74) is 0. The summed E-state index contributed by atoms with van der Waals surface area (Å²) in [6.07, 6.45) is 0. The smallest absolute Gasteiger partial charge is 0.194 e. The van der Waals surface area contributed by atoms with Crippen molar-refractivity contribution < 1.29 is 4.74 Å². The molecule has 2 aromatic rings. The Hall–Kier alpha value is -1.28. The Morgan fingerprint density at radius 2 is 2.00 bits per heavy atom. The molecule has 0 aliphatic heterocycles. The molecule has 0 atom stereocenters. The number of benzene rings is 1. The molecule has 0 spiro atoms. The van der Waals surface area contributed by atoms with Crippen LogP contribution in [0.15, 0.2) is 52.8 Å². The number of halogens is 1. The number of thiophene rings is 1. The van der Waals surface area contributed by atoms with Gasteiger partial charge in [-0.1, -0.05) is 24.3 Å². The van der Waals surface area contributed by atoms with Crippen LogP contribution in [0.3, 0.4) is 0 Å². The second-order valence-corrected chi connectivity index (χ2v) is 5.86. The predicted octanol–water partition coefficient (Wildman–Crippen LogP) is 3.84. The van der Waals surface area contributed by atoms with E-state index in [4.69, 9.17) is 4.74 Å². The normalized spacial score (nSPS) is 10.8. The first-order chi connectivity index (χ1) is 10.8. The molecule has 1 aromatic heterocycles. The Labute approximate surface area is 159 Å². The Kier molecular flexibility index (Phi) is 9.70. The van der Waals surface area contributed by atoms with Gasteiger partial charge in [0.25, 0.3) is 0 Å². The molecule has 0 aliphatic rings. The topological polar surface area (TPSA) is 36.9 Å². The first kappa shape index (κ1) is 19.8. The fourth-order valence-corrected chi connectivity index (χ4v) is 2.58. The van der Waals surface area contributed by atoms with Gasteiger partial charge in [-0.05, 0) is 30.5 Å². The minimum absolute atomic E-state index is 0. The summed E-state index contributed by atoms with van der Waals surface area (Å²) < 4.78 is 5.73. The maximum Gasteiger partial charge on any atom is 0.194 e. The van der Waals surface area contributed by atoms with Crippen LogP contribution in [0, 0.1) is 0 Å². The van der Waals surface area contributed by atoms with Crippen LogP contribution in [0.1, 0.15) is 11.8 Å². The zero-order valence-electron chi connectivity index (χ0n) is 13.6. The van der Waals surface area contributed by atoms with Crippen molar-refractivity contribution in [1.29, 1.82) is 0 Å². The van der Waals surface area contributed by atoms with Crippen LogP contribution in [0.2, 0.25) is 0 Å². The average Bonchev–Trinajstić information content (AvgIpc) is 3.05. The molecule has 1 heterocycles. The van der Waals surface area contributed by atoms with Gasteiger partial charge in [0.15, 0.2) is 5.96 Å². The van der Waals surface area contributed by atoms with Gasteiger partial charge in [0.2, 0.25) is 0 Å². The van der Waals surface area contributed by atoms with Gasteiger partial charge in [0.1, 0.15) is 12.4 Å². The first-order valence-corrected chi connectivity index (χ1v) is 8.37. The minimum atomic E-state index is 0. The molecule has 0 fully saturated rings. The number of para-hydroxylation sites is 1. The Balaban J connectivity index is 0.00000264. The number of rotatable bonds is 7. The molecule has 0 saturated carbocycles. The number of nitrogens with one attached hydrogen (secondary N) is 1. The van der Waals surface area contributed by atoms with Crippen LogP contribution in [-0.2, 0) is 6.54 Å². The number of nitrogens with zero attached hydrogens (tertiary/aromatic N) is 2. The number of hydrogen-bond acceptors (Lipinski definition) is 3. The minimum Gasteiger partial charge on any atom is -0.492 e. The number of hydrogen-bond donors (Lipinski definition) is 1. The van der Waals surface area contributed by atoms with Gasteiger partial charge >= 0.3 is 0 Å². The highest BCUT2D eigenvalue weighted by Crippen LogP contribution is 2.10. The zero-order valence-corrected chi connectivity index (χ0v) is 16.7. The lowest BCUT2D eigenvalue weighted by molar-refractivity contribution is 0.281. The lowest BCUT2D eigenvalue weighted by atomic mass is 10.3. The van der Waals surface area contributed by atoms with E-state index in [2.05, 4.69) is 39.6 Å². The molecule has 0 bridgehead atoms. The van der Waals surface area contributed by atoms with Gasteiger partial charge in [-0.3, -0.25) is 0 Å². The number of likely N-dealkylation sites (N-methyl/N-ethyl adjacent to an activating group) is 1. The summed E-state index contributed by atoms with van der Waals surface area (Å²) in [4.78, 5) is 8.03. The van der Waals surface area contributed by atoms with Gasteiger partial charge < -0.3 is 15.0 Å². The first-order valence-electron chi connectivity index (χ1n) is 7.49. The molecule has 0 unspecified atom stereocenters. The fraction of sp³-hybridized carbons (Fsp3) is 0.353. The third-order valence-electron chi connectivity index (χ3n) is 3.10. The van der Waals surface area contributed by atoms with E-state index < -0.39 is 0 Å². The number of ether oxygens (including phenoxy) is 1. The molecule has 2 rings (SSSR count). The van der Waals surface area contributed by atoms with E-state index in [0.717, 1.165) is 24.8 Å². The number of guanidine groups is 1. The van der Waals surface area contributed by atoms with Gasteiger partial charge in [0.05, 0.1) is 13.1 Å². The van der Waals surface area contributed by atoms with Crippen molar-refractivity contribution in [2.45, 2.75) is 13.5 Å². The molecule has 0 radical (unpaired) electrons. The van der Waals surface area contributed by atoms with Crippen molar-refractivity contribution in [1.82, 2.24) is 10.2 Å². The zero-order chi connectivity index (χ0) is 15.6. The average molecular weight is 445 g/mol. The van der Waals surface area contributed by atoms with Gasteiger partial charge in [-0.25, -0.2) is 4.99 Å². The van der Waals surface area contributed by atoms with E-state index in [1.54, 1.807) is 11.3 Å². The highest BCUT2D eigenvalue weighted by Gasteiger charge is 2.06. The van der Waals surface area contributed by atoms with E-state index in [0.29, 0.717) is 13.2 Å². The van der Waals surface area contributed by atoms with Crippen molar-refractivity contribution in [3.8, 4) is 5.75 Å². The molecular formula is C17H24IN3OS. The predicted molar refractivity (Wildman–Crippen MR) is 109 cm³/mol. The maximum absolute atomic E-state index is 5.73. The summed E-state index contributed by atoms with van der Waals surface area (Å²) in [6.45, 7) is 5.06. The van der Waals surface area contributed by atoms with Gasteiger partial charge in [-0.2, -0.15) is 0 Å². The number of aliphatic imine (C=N–C) groups is 1. The molecule has 1 aromatic carbocycles. The largest absolute Gasteiger partial charge is 0.492 e. The molecule has 1 N–H and O–H groups in total. The molecule has 6 heteroatoms. The van der Waals surface area contributed by atoms with E-state index >= 15 is 0 Å². The SMILES string of the molecule is CCNC(=NCc1cccs1)N(C)CCOc1ccccc1.I. The Morgan fingerprint density at radius 3 is 2.65 bits per heavy atom. The molecular weight excluding hydrogens is 421 g/mol. The van der Waals surface area contributed by atoms with Gasteiger partial charge in [-0.15, -0.1) is 35.3 Å².